The summed E-state index contributed by atoms with van der Waals surface area (Å²) in [5, 5.41) is 12.3. The highest BCUT2D eigenvalue weighted by molar-refractivity contribution is 5.89. The second-order valence-electron chi connectivity index (χ2n) is 9.61. The normalized spacial score (nSPS) is 19.1. The third-order valence-corrected chi connectivity index (χ3v) is 7.38. The van der Waals surface area contributed by atoms with E-state index in [2.05, 4.69) is 10.3 Å². The van der Waals surface area contributed by atoms with Gasteiger partial charge in [-0.3, -0.25) is 4.79 Å². The van der Waals surface area contributed by atoms with E-state index in [1.165, 1.54) is 32.1 Å². The van der Waals surface area contributed by atoms with Gasteiger partial charge >= 0.3 is 5.97 Å². The molecule has 0 spiro atoms. The minimum atomic E-state index is -0.957. The van der Waals surface area contributed by atoms with E-state index < -0.39 is 11.4 Å². The summed E-state index contributed by atoms with van der Waals surface area (Å²) >= 11 is 0. The van der Waals surface area contributed by atoms with Crippen molar-refractivity contribution in [2.24, 2.45) is 5.92 Å². The van der Waals surface area contributed by atoms with Crippen LogP contribution in [0.3, 0.4) is 0 Å². The number of carboxylic acid groups (broad SMARTS) is 1. The van der Waals surface area contributed by atoms with Crippen molar-refractivity contribution in [2.45, 2.75) is 76.2 Å². The molecular weight excluding hydrogens is 416 g/mol. The van der Waals surface area contributed by atoms with Gasteiger partial charge in [0.15, 0.2) is 0 Å². The molecule has 1 atom stereocenters. The minimum Gasteiger partial charge on any atom is -0.478 e. The molecule has 33 heavy (non-hydrogen) atoms. The zero-order chi connectivity index (χ0) is 23.3. The second kappa shape index (κ2) is 10.4. The molecule has 0 bridgehead atoms. The van der Waals surface area contributed by atoms with Crippen molar-refractivity contribution in [3.05, 3.63) is 59.3 Å². The largest absolute Gasteiger partial charge is 0.478 e. The van der Waals surface area contributed by atoms with Crippen LogP contribution in [-0.2, 0) is 10.2 Å². The summed E-state index contributed by atoms with van der Waals surface area (Å²) in [5.74, 6) is 0.303. The molecular formula is C27H34N2O4. The molecule has 2 aromatic rings. The van der Waals surface area contributed by atoms with E-state index >= 15 is 0 Å². The highest BCUT2D eigenvalue weighted by Gasteiger charge is 2.43. The first kappa shape index (κ1) is 23.3. The molecule has 0 aliphatic heterocycles. The number of nitrogens with one attached hydrogen (secondary N) is 1. The monoisotopic (exact) mass is 450 g/mol. The average Bonchev–Trinajstić information content (AvgIpc) is 3.35. The van der Waals surface area contributed by atoms with Crippen LogP contribution in [0.15, 0.2) is 42.6 Å². The fourth-order valence-corrected chi connectivity index (χ4v) is 5.26. The number of carboxylic acids is 1. The van der Waals surface area contributed by atoms with E-state index in [0.29, 0.717) is 11.8 Å². The average molecular weight is 451 g/mol. The Balaban J connectivity index is 1.42. The standard InChI is InChI=1S/C27H34N2O4/c1-19(21-9-11-22(12-10-21)25(30)31)29-26(32)27(15-5-6-16-27)23-13-14-24(28-17-23)33-18-20-7-3-2-4-8-20/h9-14,17,19-20H,2-8,15-16,18H2,1H3,(H,29,32)(H,30,31)/t19-/m0/s1. The lowest BCUT2D eigenvalue weighted by Crippen LogP contribution is -2.43. The van der Waals surface area contributed by atoms with Crippen LogP contribution in [0.1, 0.15) is 92.2 Å². The molecule has 0 radical (unpaired) electrons. The van der Waals surface area contributed by atoms with Crippen LogP contribution in [0, 0.1) is 5.92 Å². The van der Waals surface area contributed by atoms with Gasteiger partial charge in [-0.05, 0) is 61.8 Å². The maximum Gasteiger partial charge on any atom is 0.335 e. The molecule has 2 aliphatic rings. The SMILES string of the molecule is C[C@H](NC(=O)C1(c2ccc(OCC3CCCCC3)nc2)CCCC1)c1ccc(C(=O)O)cc1. The number of carbonyl (C=O) groups excluding carboxylic acids is 1. The van der Waals surface area contributed by atoms with Gasteiger partial charge in [-0.2, -0.15) is 0 Å². The molecule has 6 heteroatoms. The molecule has 6 nitrogen and oxygen atoms in total. The highest BCUT2D eigenvalue weighted by atomic mass is 16.5. The predicted octanol–water partition coefficient (Wildman–Crippen LogP) is 5.43. The van der Waals surface area contributed by atoms with Gasteiger partial charge in [0, 0.05) is 12.3 Å². The van der Waals surface area contributed by atoms with Gasteiger partial charge in [-0.1, -0.05) is 50.3 Å². The Labute approximate surface area is 195 Å². The first-order valence-corrected chi connectivity index (χ1v) is 12.2. The third kappa shape index (κ3) is 5.37. The van der Waals surface area contributed by atoms with Crippen LogP contribution in [0.5, 0.6) is 5.88 Å². The van der Waals surface area contributed by atoms with Gasteiger partial charge in [0.1, 0.15) is 0 Å². The number of pyridine rings is 1. The van der Waals surface area contributed by atoms with Crippen LogP contribution in [0.2, 0.25) is 0 Å². The van der Waals surface area contributed by atoms with E-state index in [4.69, 9.17) is 9.84 Å². The number of aromatic carboxylic acids is 1. The molecule has 176 valence electrons. The van der Waals surface area contributed by atoms with Gasteiger partial charge in [0.25, 0.3) is 0 Å². The van der Waals surface area contributed by atoms with E-state index in [0.717, 1.165) is 43.4 Å². The third-order valence-electron chi connectivity index (χ3n) is 7.38. The molecule has 4 rings (SSSR count). The first-order chi connectivity index (χ1) is 16.0. The lowest BCUT2D eigenvalue weighted by Gasteiger charge is -2.30. The number of amides is 1. The maximum atomic E-state index is 13.5. The maximum absolute atomic E-state index is 13.5. The summed E-state index contributed by atoms with van der Waals surface area (Å²) < 4.78 is 5.95. The van der Waals surface area contributed by atoms with Crippen molar-refractivity contribution in [1.29, 1.82) is 0 Å². The summed E-state index contributed by atoms with van der Waals surface area (Å²) in [6.07, 6.45) is 11.8. The zero-order valence-electron chi connectivity index (χ0n) is 19.4. The molecule has 1 aromatic carbocycles. The summed E-state index contributed by atoms with van der Waals surface area (Å²) in [6, 6.07) is 10.3. The number of nitrogens with zero attached hydrogens (tertiary/aromatic N) is 1. The Morgan fingerprint density at radius 2 is 1.76 bits per heavy atom. The summed E-state index contributed by atoms with van der Waals surface area (Å²) in [6.45, 7) is 2.65. The summed E-state index contributed by atoms with van der Waals surface area (Å²) in [5.41, 5.74) is 1.48. The number of aromatic nitrogens is 1. The zero-order valence-corrected chi connectivity index (χ0v) is 19.4. The Morgan fingerprint density at radius 1 is 1.06 bits per heavy atom. The van der Waals surface area contributed by atoms with Gasteiger partial charge in [0.2, 0.25) is 11.8 Å². The highest BCUT2D eigenvalue weighted by Crippen LogP contribution is 2.42. The molecule has 0 unspecified atom stereocenters. The number of rotatable bonds is 8. The molecule has 2 N–H and O–H groups in total. The minimum absolute atomic E-state index is 0.00693. The Morgan fingerprint density at radius 3 is 2.36 bits per heavy atom. The van der Waals surface area contributed by atoms with Crippen molar-refractivity contribution >= 4 is 11.9 Å². The quantitative estimate of drug-likeness (QED) is 0.560. The molecule has 0 saturated heterocycles. The molecule has 2 fully saturated rings. The number of carbonyl (C=O) groups is 2. The smallest absolute Gasteiger partial charge is 0.335 e. The molecule has 2 saturated carbocycles. The van der Waals surface area contributed by atoms with E-state index in [1.807, 2.05) is 25.3 Å². The van der Waals surface area contributed by atoms with E-state index in [1.54, 1.807) is 24.3 Å². The van der Waals surface area contributed by atoms with Crippen molar-refractivity contribution in [3.63, 3.8) is 0 Å². The number of benzene rings is 1. The van der Waals surface area contributed by atoms with Crippen molar-refractivity contribution in [2.75, 3.05) is 6.61 Å². The lowest BCUT2D eigenvalue weighted by molar-refractivity contribution is -0.127. The number of ether oxygens (including phenoxy) is 1. The topological polar surface area (TPSA) is 88.5 Å². The fourth-order valence-electron chi connectivity index (χ4n) is 5.26. The Hall–Kier alpha value is -2.89. The van der Waals surface area contributed by atoms with Gasteiger partial charge in [-0.25, -0.2) is 9.78 Å². The lowest BCUT2D eigenvalue weighted by atomic mass is 9.78. The summed E-state index contributed by atoms with van der Waals surface area (Å²) in [4.78, 5) is 29.1. The number of hydrogen-bond acceptors (Lipinski definition) is 4. The fraction of sp³-hybridized carbons (Fsp3) is 0.519. The first-order valence-electron chi connectivity index (χ1n) is 12.2. The van der Waals surface area contributed by atoms with Gasteiger partial charge in [0.05, 0.1) is 23.6 Å². The van der Waals surface area contributed by atoms with Gasteiger partial charge < -0.3 is 15.2 Å². The van der Waals surface area contributed by atoms with Crippen LogP contribution < -0.4 is 10.1 Å². The predicted molar refractivity (Wildman–Crippen MR) is 126 cm³/mol. The Bertz CT molecular complexity index is 943. The van der Waals surface area contributed by atoms with Crippen LogP contribution >= 0.6 is 0 Å². The van der Waals surface area contributed by atoms with Crippen LogP contribution in [0.25, 0.3) is 0 Å². The number of hydrogen-bond donors (Lipinski definition) is 2. The second-order valence-corrected chi connectivity index (χ2v) is 9.61. The van der Waals surface area contributed by atoms with Crippen molar-refractivity contribution in [1.82, 2.24) is 10.3 Å². The molecule has 1 amide bonds. The van der Waals surface area contributed by atoms with Crippen molar-refractivity contribution in [3.8, 4) is 5.88 Å². The summed E-state index contributed by atoms with van der Waals surface area (Å²) in [7, 11) is 0. The van der Waals surface area contributed by atoms with E-state index in [-0.39, 0.29) is 17.5 Å². The molecule has 2 aliphatic carbocycles. The van der Waals surface area contributed by atoms with Crippen LogP contribution in [-0.4, -0.2) is 28.6 Å². The van der Waals surface area contributed by atoms with E-state index in [9.17, 15) is 9.59 Å². The Kier molecular flexibility index (Phi) is 7.31. The molecule has 1 aromatic heterocycles. The van der Waals surface area contributed by atoms with Gasteiger partial charge in [-0.15, -0.1) is 0 Å². The van der Waals surface area contributed by atoms with Crippen LogP contribution in [0.4, 0.5) is 0 Å². The van der Waals surface area contributed by atoms with Crippen molar-refractivity contribution < 1.29 is 19.4 Å². The molecule has 1 heterocycles.